The van der Waals surface area contributed by atoms with E-state index in [-0.39, 0.29) is 5.91 Å². The van der Waals surface area contributed by atoms with Crippen molar-refractivity contribution in [3.63, 3.8) is 0 Å². The number of rotatable bonds is 9. The van der Waals surface area contributed by atoms with Crippen molar-refractivity contribution >= 4 is 43.8 Å². The standard InChI is InChI=1S/C22H28N4O2S2/c1-3-14-5-4-6-16-20(14)30-21(25-16)19-15-7-9-24-13-17(15)29-22(19)26-18(27)8-10-23-11-12-28-2/h4-6,23-24H,3,7-13H2,1-2H3,(H,26,27). The lowest BCUT2D eigenvalue weighted by atomic mass is 10.0. The number of aromatic nitrogens is 1. The van der Waals surface area contributed by atoms with Crippen molar-refractivity contribution in [3.05, 3.63) is 34.2 Å². The molecular weight excluding hydrogens is 416 g/mol. The highest BCUT2D eigenvalue weighted by molar-refractivity contribution is 7.23. The number of hydrogen-bond acceptors (Lipinski definition) is 7. The van der Waals surface area contributed by atoms with Crippen LogP contribution < -0.4 is 16.0 Å². The van der Waals surface area contributed by atoms with Gasteiger partial charge in [-0.1, -0.05) is 19.1 Å². The van der Waals surface area contributed by atoms with Crippen LogP contribution >= 0.6 is 22.7 Å². The first-order valence-corrected chi connectivity index (χ1v) is 12.1. The molecule has 160 valence electrons. The topological polar surface area (TPSA) is 75.3 Å². The van der Waals surface area contributed by atoms with Crippen molar-refractivity contribution in [3.8, 4) is 10.6 Å². The van der Waals surface area contributed by atoms with E-state index in [9.17, 15) is 4.79 Å². The largest absolute Gasteiger partial charge is 0.383 e. The average Bonchev–Trinajstić information content (AvgIpc) is 3.33. The maximum Gasteiger partial charge on any atom is 0.226 e. The Labute approximate surface area is 185 Å². The summed E-state index contributed by atoms with van der Waals surface area (Å²) in [7, 11) is 1.68. The van der Waals surface area contributed by atoms with Crippen molar-refractivity contribution in [2.75, 3.05) is 38.7 Å². The molecular formula is C22H28N4O2S2. The first-order chi connectivity index (χ1) is 14.7. The number of benzene rings is 1. The number of ether oxygens (including phenoxy) is 1. The predicted molar refractivity (Wildman–Crippen MR) is 126 cm³/mol. The van der Waals surface area contributed by atoms with Crippen molar-refractivity contribution in [2.24, 2.45) is 0 Å². The lowest BCUT2D eigenvalue weighted by Gasteiger charge is -2.13. The molecule has 1 aliphatic rings. The van der Waals surface area contributed by atoms with Gasteiger partial charge in [0.2, 0.25) is 5.91 Å². The van der Waals surface area contributed by atoms with Gasteiger partial charge in [0.15, 0.2) is 0 Å². The maximum atomic E-state index is 12.6. The van der Waals surface area contributed by atoms with E-state index in [0.29, 0.717) is 19.6 Å². The van der Waals surface area contributed by atoms with Crippen molar-refractivity contribution in [2.45, 2.75) is 32.7 Å². The lowest BCUT2D eigenvalue weighted by Crippen LogP contribution is -2.24. The summed E-state index contributed by atoms with van der Waals surface area (Å²) in [6.45, 7) is 6.02. The molecule has 3 N–H and O–H groups in total. The molecule has 0 saturated carbocycles. The van der Waals surface area contributed by atoms with E-state index in [1.807, 2.05) is 0 Å². The predicted octanol–water partition coefficient (Wildman–Crippen LogP) is 3.80. The summed E-state index contributed by atoms with van der Waals surface area (Å²) in [6, 6.07) is 6.34. The number of nitrogens with one attached hydrogen (secondary N) is 3. The molecule has 0 radical (unpaired) electrons. The third-order valence-electron chi connectivity index (χ3n) is 5.28. The van der Waals surface area contributed by atoms with Crippen LogP contribution in [-0.2, 0) is 28.9 Å². The van der Waals surface area contributed by atoms with Gasteiger partial charge in [-0.25, -0.2) is 4.98 Å². The molecule has 0 aliphatic carbocycles. The van der Waals surface area contributed by atoms with Gasteiger partial charge < -0.3 is 20.7 Å². The van der Waals surface area contributed by atoms with Gasteiger partial charge >= 0.3 is 0 Å². The van der Waals surface area contributed by atoms with Crippen LogP contribution in [0.15, 0.2) is 18.2 Å². The van der Waals surface area contributed by atoms with Gasteiger partial charge in [0.05, 0.1) is 16.8 Å². The van der Waals surface area contributed by atoms with E-state index in [4.69, 9.17) is 9.72 Å². The number of carbonyl (C=O) groups excluding carboxylic acids is 1. The second kappa shape index (κ2) is 9.98. The highest BCUT2D eigenvalue weighted by Gasteiger charge is 2.25. The maximum absolute atomic E-state index is 12.6. The highest BCUT2D eigenvalue weighted by Crippen LogP contribution is 2.45. The summed E-state index contributed by atoms with van der Waals surface area (Å²) in [5.41, 5.74) is 4.84. The molecule has 8 heteroatoms. The number of fused-ring (bicyclic) bond motifs is 2. The number of carbonyl (C=O) groups is 1. The van der Waals surface area contributed by atoms with Crippen molar-refractivity contribution in [1.82, 2.24) is 15.6 Å². The van der Waals surface area contributed by atoms with E-state index in [0.717, 1.165) is 53.6 Å². The number of hydrogen-bond donors (Lipinski definition) is 3. The van der Waals surface area contributed by atoms with E-state index < -0.39 is 0 Å². The molecule has 6 nitrogen and oxygen atoms in total. The molecule has 4 rings (SSSR count). The molecule has 0 fully saturated rings. The molecule has 1 amide bonds. The Morgan fingerprint density at radius 2 is 2.20 bits per heavy atom. The molecule has 3 aromatic rings. The minimum atomic E-state index is 0.0306. The monoisotopic (exact) mass is 444 g/mol. The Morgan fingerprint density at radius 1 is 1.30 bits per heavy atom. The summed E-state index contributed by atoms with van der Waals surface area (Å²) in [5.74, 6) is 0.0306. The zero-order chi connectivity index (χ0) is 20.9. The molecule has 0 bridgehead atoms. The second-order valence-electron chi connectivity index (χ2n) is 7.31. The number of methoxy groups -OCH3 is 1. The van der Waals surface area contributed by atoms with Crippen LogP contribution in [0.5, 0.6) is 0 Å². The molecule has 3 heterocycles. The molecule has 30 heavy (non-hydrogen) atoms. The summed E-state index contributed by atoms with van der Waals surface area (Å²) in [4.78, 5) is 18.9. The van der Waals surface area contributed by atoms with Crippen molar-refractivity contribution < 1.29 is 9.53 Å². The van der Waals surface area contributed by atoms with Crippen LogP contribution in [-0.4, -0.2) is 44.2 Å². The molecule has 0 unspecified atom stereocenters. The van der Waals surface area contributed by atoms with Crippen LogP contribution in [0.25, 0.3) is 20.8 Å². The van der Waals surface area contributed by atoms with Crippen LogP contribution in [0.2, 0.25) is 0 Å². The number of thiazole rings is 1. The van der Waals surface area contributed by atoms with Gasteiger partial charge in [0.25, 0.3) is 0 Å². The Bertz CT molecular complexity index is 1030. The Balaban J connectivity index is 1.61. The van der Waals surface area contributed by atoms with E-state index >= 15 is 0 Å². The van der Waals surface area contributed by atoms with Crippen LogP contribution in [0, 0.1) is 0 Å². The summed E-state index contributed by atoms with van der Waals surface area (Å²) in [5, 5.41) is 11.8. The SMILES string of the molecule is CCc1cccc2nc(-c3c(NC(=O)CCNCCOC)sc4c3CCNC4)sc12. The zero-order valence-electron chi connectivity index (χ0n) is 17.5. The smallest absolute Gasteiger partial charge is 0.226 e. The van der Waals surface area contributed by atoms with E-state index in [2.05, 4.69) is 41.1 Å². The lowest BCUT2D eigenvalue weighted by molar-refractivity contribution is -0.116. The van der Waals surface area contributed by atoms with Crippen LogP contribution in [0.4, 0.5) is 5.00 Å². The molecule has 2 aromatic heterocycles. The molecule has 0 saturated heterocycles. The summed E-state index contributed by atoms with van der Waals surface area (Å²) in [6.07, 6.45) is 2.39. The van der Waals surface area contributed by atoms with Crippen molar-refractivity contribution in [1.29, 1.82) is 0 Å². The average molecular weight is 445 g/mol. The minimum absolute atomic E-state index is 0.0306. The minimum Gasteiger partial charge on any atom is -0.383 e. The fourth-order valence-corrected chi connectivity index (χ4v) is 6.26. The highest BCUT2D eigenvalue weighted by atomic mass is 32.1. The normalized spacial score (nSPS) is 13.5. The van der Waals surface area contributed by atoms with E-state index in [1.54, 1.807) is 29.8 Å². The number of thiophene rings is 1. The number of anilines is 1. The summed E-state index contributed by atoms with van der Waals surface area (Å²) < 4.78 is 6.28. The molecule has 0 spiro atoms. The van der Waals surface area contributed by atoms with Gasteiger partial charge in [-0.05, 0) is 36.6 Å². The fourth-order valence-electron chi connectivity index (χ4n) is 3.73. The summed E-state index contributed by atoms with van der Waals surface area (Å²) >= 11 is 3.43. The number of amides is 1. The third-order valence-corrected chi connectivity index (χ3v) is 7.60. The van der Waals surface area contributed by atoms with E-state index in [1.165, 1.54) is 20.7 Å². The number of aryl methyl sites for hydroxylation is 1. The van der Waals surface area contributed by atoms with Crippen LogP contribution in [0.3, 0.4) is 0 Å². The second-order valence-corrected chi connectivity index (χ2v) is 9.42. The quantitative estimate of drug-likeness (QED) is 0.438. The first kappa shape index (κ1) is 21.4. The first-order valence-electron chi connectivity index (χ1n) is 10.4. The Kier molecular flexibility index (Phi) is 7.12. The Morgan fingerprint density at radius 3 is 3.03 bits per heavy atom. The van der Waals surface area contributed by atoms with Gasteiger partial charge in [0.1, 0.15) is 10.0 Å². The molecule has 0 atom stereocenters. The van der Waals surface area contributed by atoms with Crippen LogP contribution in [0.1, 0.15) is 29.3 Å². The van der Waals surface area contributed by atoms with Gasteiger partial charge in [-0.3, -0.25) is 4.79 Å². The molecule has 1 aromatic carbocycles. The fraction of sp³-hybridized carbons (Fsp3) is 0.455. The van der Waals surface area contributed by atoms with Gasteiger partial charge in [-0.15, -0.1) is 22.7 Å². The zero-order valence-corrected chi connectivity index (χ0v) is 19.1. The van der Waals surface area contributed by atoms with Gasteiger partial charge in [0, 0.05) is 43.6 Å². The molecule has 1 aliphatic heterocycles. The van der Waals surface area contributed by atoms with Gasteiger partial charge in [-0.2, -0.15) is 0 Å². The Hall–Kier alpha value is -1.84. The third kappa shape index (κ3) is 4.58. The number of nitrogens with zero attached hydrogens (tertiary/aromatic N) is 1.